The Kier molecular flexibility index (Phi) is 11.1. The van der Waals surface area contributed by atoms with Crippen LogP contribution in [0.2, 0.25) is 0 Å². The molecule has 1 aromatic rings. The number of sulfone groups is 1. The van der Waals surface area contributed by atoms with Gasteiger partial charge in [0.1, 0.15) is 0 Å². The van der Waals surface area contributed by atoms with Gasteiger partial charge in [-0.15, -0.1) is 24.0 Å². The van der Waals surface area contributed by atoms with Crippen LogP contribution in [0, 0.1) is 0 Å². The minimum absolute atomic E-state index is 0. The van der Waals surface area contributed by atoms with Gasteiger partial charge >= 0.3 is 0 Å². The molecule has 0 unspecified atom stereocenters. The van der Waals surface area contributed by atoms with Crippen molar-refractivity contribution < 1.29 is 8.42 Å². The van der Waals surface area contributed by atoms with Gasteiger partial charge in [0, 0.05) is 30.4 Å². The molecule has 23 heavy (non-hydrogen) atoms. The minimum atomic E-state index is -2.98. The number of guanidine groups is 1. The van der Waals surface area contributed by atoms with E-state index in [4.69, 9.17) is 0 Å². The SMILES string of the molecule is CCNC(=NCCS(=O)(=O)CC)N(C)Cc1ccccc1Br.I. The Bertz CT molecular complexity index is 608. The summed E-state index contributed by atoms with van der Waals surface area (Å²) in [6, 6.07) is 8.01. The molecule has 0 amide bonds. The summed E-state index contributed by atoms with van der Waals surface area (Å²) in [5.41, 5.74) is 1.15. The first-order chi connectivity index (χ1) is 10.4. The first-order valence-corrected chi connectivity index (χ1v) is 9.94. The van der Waals surface area contributed by atoms with Gasteiger partial charge in [-0.25, -0.2) is 8.42 Å². The maximum Gasteiger partial charge on any atom is 0.193 e. The summed E-state index contributed by atoms with van der Waals surface area (Å²) >= 11 is 3.53. The summed E-state index contributed by atoms with van der Waals surface area (Å²) in [6.07, 6.45) is 0. The Balaban J connectivity index is 0.00000484. The summed E-state index contributed by atoms with van der Waals surface area (Å²) in [5, 5.41) is 3.19. The molecule has 1 rings (SSSR count). The van der Waals surface area contributed by atoms with Crippen molar-refractivity contribution in [1.82, 2.24) is 10.2 Å². The molecule has 0 radical (unpaired) electrons. The maximum absolute atomic E-state index is 11.5. The second-order valence-corrected chi connectivity index (χ2v) is 8.25. The van der Waals surface area contributed by atoms with Crippen LogP contribution in [0.4, 0.5) is 0 Å². The number of hydrogen-bond donors (Lipinski definition) is 1. The van der Waals surface area contributed by atoms with Crippen LogP contribution >= 0.6 is 39.9 Å². The highest BCUT2D eigenvalue weighted by Crippen LogP contribution is 2.17. The maximum atomic E-state index is 11.5. The number of hydrogen-bond acceptors (Lipinski definition) is 3. The van der Waals surface area contributed by atoms with E-state index >= 15 is 0 Å². The van der Waals surface area contributed by atoms with Crippen molar-refractivity contribution in [3.8, 4) is 0 Å². The molecule has 0 saturated heterocycles. The van der Waals surface area contributed by atoms with Crippen LogP contribution in [0.1, 0.15) is 19.4 Å². The van der Waals surface area contributed by atoms with Gasteiger partial charge in [0.25, 0.3) is 0 Å². The van der Waals surface area contributed by atoms with Crippen LogP contribution in [-0.4, -0.2) is 50.9 Å². The zero-order chi connectivity index (χ0) is 16.6. The number of nitrogens with one attached hydrogen (secondary N) is 1. The summed E-state index contributed by atoms with van der Waals surface area (Å²) in [4.78, 5) is 6.40. The zero-order valence-electron chi connectivity index (χ0n) is 13.8. The Morgan fingerprint density at radius 3 is 2.52 bits per heavy atom. The monoisotopic (exact) mass is 517 g/mol. The Hall–Kier alpha value is -0.350. The molecule has 0 aliphatic rings. The second kappa shape index (κ2) is 11.2. The van der Waals surface area contributed by atoms with E-state index in [9.17, 15) is 8.42 Å². The Morgan fingerprint density at radius 1 is 1.30 bits per heavy atom. The van der Waals surface area contributed by atoms with Crippen molar-refractivity contribution in [2.24, 2.45) is 4.99 Å². The summed E-state index contributed by atoms with van der Waals surface area (Å²) in [5.74, 6) is 0.956. The number of benzene rings is 1. The molecule has 132 valence electrons. The molecule has 0 bridgehead atoms. The third-order valence-electron chi connectivity index (χ3n) is 3.17. The lowest BCUT2D eigenvalue weighted by atomic mass is 10.2. The highest BCUT2D eigenvalue weighted by Gasteiger charge is 2.10. The molecular weight excluding hydrogens is 493 g/mol. The topological polar surface area (TPSA) is 61.8 Å². The smallest absolute Gasteiger partial charge is 0.193 e. The van der Waals surface area contributed by atoms with Gasteiger partial charge in [0.15, 0.2) is 15.8 Å². The Morgan fingerprint density at radius 2 is 1.96 bits per heavy atom. The van der Waals surface area contributed by atoms with Gasteiger partial charge in [0.2, 0.25) is 0 Å². The molecule has 0 heterocycles. The highest BCUT2D eigenvalue weighted by molar-refractivity contribution is 14.0. The van der Waals surface area contributed by atoms with Crippen LogP contribution in [0.3, 0.4) is 0 Å². The molecule has 0 aliphatic heterocycles. The van der Waals surface area contributed by atoms with Gasteiger partial charge < -0.3 is 10.2 Å². The summed E-state index contributed by atoms with van der Waals surface area (Å²) in [6.45, 7) is 5.35. The highest BCUT2D eigenvalue weighted by atomic mass is 127. The first kappa shape index (κ1) is 22.6. The van der Waals surface area contributed by atoms with Gasteiger partial charge in [-0.3, -0.25) is 4.99 Å². The van der Waals surface area contributed by atoms with E-state index in [1.54, 1.807) is 6.92 Å². The molecule has 0 aliphatic carbocycles. The Labute approximate surface area is 165 Å². The quantitative estimate of drug-likeness (QED) is 0.343. The number of aliphatic imine (C=N–C) groups is 1. The second-order valence-electron chi connectivity index (χ2n) is 4.92. The van der Waals surface area contributed by atoms with E-state index in [1.807, 2.05) is 43.1 Å². The van der Waals surface area contributed by atoms with E-state index in [1.165, 1.54) is 0 Å². The largest absolute Gasteiger partial charge is 0.357 e. The molecule has 0 fully saturated rings. The van der Waals surface area contributed by atoms with Crippen LogP contribution in [0.5, 0.6) is 0 Å². The molecule has 1 N–H and O–H groups in total. The number of halogens is 2. The molecule has 0 aromatic heterocycles. The average Bonchev–Trinajstić information content (AvgIpc) is 2.48. The number of rotatable bonds is 7. The lowest BCUT2D eigenvalue weighted by Crippen LogP contribution is -2.38. The minimum Gasteiger partial charge on any atom is -0.357 e. The molecule has 0 spiro atoms. The van der Waals surface area contributed by atoms with Crippen molar-refractivity contribution in [1.29, 1.82) is 0 Å². The standard InChI is InChI=1S/C15H24BrN3O2S.HI/c1-4-17-15(18-10-11-22(20,21)5-2)19(3)12-13-8-6-7-9-14(13)16;/h6-9H,4-5,10-12H2,1-3H3,(H,17,18);1H. The van der Waals surface area contributed by atoms with Gasteiger partial charge in [-0.05, 0) is 18.6 Å². The predicted molar refractivity (Wildman–Crippen MR) is 111 cm³/mol. The fourth-order valence-electron chi connectivity index (χ4n) is 1.86. The van der Waals surface area contributed by atoms with Crippen LogP contribution < -0.4 is 5.32 Å². The summed E-state index contributed by atoms with van der Waals surface area (Å²) in [7, 11) is -1.04. The van der Waals surface area contributed by atoms with Crippen LogP contribution in [-0.2, 0) is 16.4 Å². The third kappa shape index (κ3) is 8.35. The van der Waals surface area contributed by atoms with Gasteiger partial charge in [-0.1, -0.05) is 41.1 Å². The molecule has 0 atom stereocenters. The van der Waals surface area contributed by atoms with Crippen molar-refractivity contribution in [2.45, 2.75) is 20.4 Å². The van der Waals surface area contributed by atoms with Gasteiger partial charge in [-0.2, -0.15) is 0 Å². The van der Waals surface area contributed by atoms with Gasteiger partial charge in [0.05, 0.1) is 12.3 Å². The molecule has 5 nitrogen and oxygen atoms in total. The lowest BCUT2D eigenvalue weighted by Gasteiger charge is -2.22. The summed E-state index contributed by atoms with van der Waals surface area (Å²) < 4.78 is 24.1. The van der Waals surface area contributed by atoms with Crippen molar-refractivity contribution in [2.75, 3.05) is 31.6 Å². The molecular formula is C15H25BrIN3O2S. The van der Waals surface area contributed by atoms with Crippen molar-refractivity contribution in [3.05, 3.63) is 34.3 Å². The fraction of sp³-hybridized carbons (Fsp3) is 0.533. The first-order valence-electron chi connectivity index (χ1n) is 7.33. The molecule has 8 heteroatoms. The van der Waals surface area contributed by atoms with Crippen molar-refractivity contribution in [3.63, 3.8) is 0 Å². The van der Waals surface area contributed by atoms with E-state index < -0.39 is 9.84 Å². The predicted octanol–water partition coefficient (Wildman–Crippen LogP) is 2.90. The van der Waals surface area contributed by atoms with Crippen LogP contribution in [0.25, 0.3) is 0 Å². The van der Waals surface area contributed by atoms with E-state index in [0.29, 0.717) is 12.5 Å². The van der Waals surface area contributed by atoms with E-state index in [0.717, 1.165) is 16.6 Å². The zero-order valence-corrected chi connectivity index (χ0v) is 18.5. The van der Waals surface area contributed by atoms with E-state index in [-0.39, 0.29) is 42.0 Å². The third-order valence-corrected chi connectivity index (χ3v) is 5.62. The van der Waals surface area contributed by atoms with Crippen molar-refractivity contribution >= 4 is 55.7 Å². The molecule has 0 saturated carbocycles. The van der Waals surface area contributed by atoms with Crippen LogP contribution in [0.15, 0.2) is 33.7 Å². The number of nitrogens with zero attached hydrogens (tertiary/aromatic N) is 2. The average molecular weight is 518 g/mol. The fourth-order valence-corrected chi connectivity index (χ4v) is 2.93. The van der Waals surface area contributed by atoms with E-state index in [2.05, 4.69) is 26.2 Å². The normalized spacial score (nSPS) is 11.7. The molecule has 1 aromatic carbocycles. The lowest BCUT2D eigenvalue weighted by molar-refractivity contribution is 0.476.